The van der Waals surface area contributed by atoms with Gasteiger partial charge in [-0.1, -0.05) is 0 Å². The number of hydrogen-bond acceptors (Lipinski definition) is 5. The summed E-state index contributed by atoms with van der Waals surface area (Å²) in [4.78, 5) is 3.83. The van der Waals surface area contributed by atoms with Gasteiger partial charge in [0, 0.05) is 26.2 Å². The van der Waals surface area contributed by atoms with Crippen LogP contribution in [0.5, 0.6) is 5.75 Å². The summed E-state index contributed by atoms with van der Waals surface area (Å²) < 4.78 is 52.1. The van der Waals surface area contributed by atoms with Crippen LogP contribution in [0.4, 0.5) is 0 Å². The van der Waals surface area contributed by atoms with Crippen LogP contribution >= 0.6 is 12.4 Å². The Morgan fingerprint density at radius 1 is 1.35 bits per heavy atom. The van der Waals surface area contributed by atoms with Gasteiger partial charge in [-0.3, -0.25) is 0 Å². The topological polar surface area (TPSA) is 71.5 Å². The predicted molar refractivity (Wildman–Crippen MR) is 76.7 cm³/mol. The van der Waals surface area contributed by atoms with Crippen molar-refractivity contribution in [2.45, 2.75) is 5.03 Å². The Morgan fingerprint density at radius 3 is 2.60 bits per heavy atom. The zero-order chi connectivity index (χ0) is 16.0. The van der Waals surface area contributed by atoms with Gasteiger partial charge < -0.3 is 10.1 Å². The number of methoxy groups -OCH3 is 1. The molecule has 1 aromatic rings. The molecule has 3 heterocycles. The molecule has 110 valence electrons. The van der Waals surface area contributed by atoms with Crippen molar-refractivity contribution in [2.24, 2.45) is 0 Å². The lowest BCUT2D eigenvalue weighted by Crippen LogP contribution is -2.33. The van der Waals surface area contributed by atoms with Crippen LogP contribution in [-0.4, -0.2) is 50.9 Å². The fourth-order valence-corrected chi connectivity index (χ4v) is 3.66. The maximum atomic E-state index is 12.5. The number of aromatic nitrogens is 1. The second-order valence-electron chi connectivity index (χ2n) is 4.52. The third-order valence-corrected chi connectivity index (χ3v) is 5.05. The van der Waals surface area contributed by atoms with Crippen molar-refractivity contribution in [2.75, 3.05) is 33.2 Å². The SMILES string of the molecule is Cl.[2H]C([2H])([2H])Oc1ccc(S(=O)(=O)N2CC3=C(CNC3)C2)nc1. The summed E-state index contributed by atoms with van der Waals surface area (Å²) in [6.07, 6.45) is 1.11. The third kappa shape index (κ3) is 2.54. The van der Waals surface area contributed by atoms with Crippen molar-refractivity contribution in [1.29, 1.82) is 0 Å². The van der Waals surface area contributed by atoms with E-state index in [2.05, 4.69) is 15.0 Å². The highest BCUT2D eigenvalue weighted by Crippen LogP contribution is 2.26. The number of pyridine rings is 1. The van der Waals surface area contributed by atoms with Crippen LogP contribution in [0.2, 0.25) is 0 Å². The van der Waals surface area contributed by atoms with E-state index in [-0.39, 0.29) is 23.2 Å². The van der Waals surface area contributed by atoms with Crippen LogP contribution in [-0.2, 0) is 10.0 Å². The van der Waals surface area contributed by atoms with Crippen molar-refractivity contribution >= 4 is 22.4 Å². The molecule has 0 spiro atoms. The number of hydrogen-bond donors (Lipinski definition) is 1. The van der Waals surface area contributed by atoms with E-state index in [9.17, 15) is 8.42 Å². The van der Waals surface area contributed by atoms with E-state index in [4.69, 9.17) is 4.11 Å². The first-order valence-electron chi connectivity index (χ1n) is 7.31. The number of nitrogens with one attached hydrogen (secondary N) is 1. The quantitative estimate of drug-likeness (QED) is 0.817. The number of halogens is 1. The molecule has 1 N–H and O–H groups in total. The van der Waals surface area contributed by atoms with Gasteiger partial charge in [-0.05, 0) is 23.3 Å². The second kappa shape index (κ2) is 5.69. The molecule has 0 fully saturated rings. The molecule has 0 radical (unpaired) electrons. The molecule has 3 rings (SSSR count). The zero-order valence-corrected chi connectivity index (χ0v) is 12.1. The summed E-state index contributed by atoms with van der Waals surface area (Å²) in [5, 5.41) is 3.07. The monoisotopic (exact) mass is 320 g/mol. The average Bonchev–Trinajstić information content (AvgIpc) is 2.98. The molecule has 0 amide bonds. The Kier molecular flexibility index (Phi) is 3.27. The van der Waals surface area contributed by atoms with Crippen molar-refractivity contribution in [3.05, 3.63) is 29.5 Å². The summed E-state index contributed by atoms with van der Waals surface area (Å²) in [7, 11) is -6.27. The van der Waals surface area contributed by atoms with Gasteiger partial charge in [-0.25, -0.2) is 13.4 Å². The lowest BCUT2D eigenvalue weighted by Gasteiger charge is -2.17. The van der Waals surface area contributed by atoms with Gasteiger partial charge in [0.1, 0.15) is 5.75 Å². The molecular formula is C12H16ClN3O3S. The Labute approximate surface area is 128 Å². The first-order valence-corrected chi connectivity index (χ1v) is 7.25. The normalized spacial score (nSPS) is 21.7. The van der Waals surface area contributed by atoms with Crippen LogP contribution in [0.25, 0.3) is 0 Å². The molecule has 0 saturated carbocycles. The summed E-state index contributed by atoms with van der Waals surface area (Å²) in [5.74, 6) is 0.00481. The minimum Gasteiger partial charge on any atom is -0.495 e. The maximum Gasteiger partial charge on any atom is 0.261 e. The molecule has 8 heteroatoms. The van der Waals surface area contributed by atoms with Gasteiger partial charge in [-0.15, -0.1) is 12.4 Å². The van der Waals surface area contributed by atoms with Gasteiger partial charge in [0.25, 0.3) is 10.0 Å². The number of ether oxygens (including phenoxy) is 1. The van der Waals surface area contributed by atoms with Crippen LogP contribution < -0.4 is 10.1 Å². The molecular weight excluding hydrogens is 302 g/mol. The lowest BCUT2D eigenvalue weighted by atomic mass is 10.2. The smallest absolute Gasteiger partial charge is 0.261 e. The minimum atomic E-state index is -3.68. The van der Waals surface area contributed by atoms with Crippen molar-refractivity contribution in [3.8, 4) is 5.75 Å². The summed E-state index contributed by atoms with van der Waals surface area (Å²) in [5.41, 5.74) is 2.23. The lowest BCUT2D eigenvalue weighted by molar-refractivity contribution is 0.411. The van der Waals surface area contributed by atoms with E-state index < -0.39 is 17.1 Å². The van der Waals surface area contributed by atoms with E-state index in [0.717, 1.165) is 30.4 Å². The molecule has 0 unspecified atom stereocenters. The van der Waals surface area contributed by atoms with Crippen LogP contribution in [0.1, 0.15) is 4.11 Å². The molecule has 0 atom stereocenters. The molecule has 6 nitrogen and oxygen atoms in total. The van der Waals surface area contributed by atoms with Gasteiger partial charge in [0.05, 0.1) is 17.3 Å². The fraction of sp³-hybridized carbons (Fsp3) is 0.417. The predicted octanol–water partition coefficient (Wildman–Crippen LogP) is 0.416. The van der Waals surface area contributed by atoms with E-state index >= 15 is 0 Å². The van der Waals surface area contributed by atoms with Crippen LogP contribution in [0, 0.1) is 0 Å². The summed E-state index contributed by atoms with van der Waals surface area (Å²) >= 11 is 0. The average molecular weight is 321 g/mol. The second-order valence-corrected chi connectivity index (χ2v) is 6.40. The zero-order valence-electron chi connectivity index (χ0n) is 13.5. The Morgan fingerprint density at radius 2 is 2.05 bits per heavy atom. The van der Waals surface area contributed by atoms with Crippen molar-refractivity contribution < 1.29 is 17.3 Å². The highest BCUT2D eigenvalue weighted by molar-refractivity contribution is 7.89. The van der Waals surface area contributed by atoms with E-state index in [1.807, 2.05) is 0 Å². The van der Waals surface area contributed by atoms with Crippen molar-refractivity contribution in [1.82, 2.24) is 14.6 Å². The van der Waals surface area contributed by atoms with Gasteiger partial charge >= 0.3 is 0 Å². The van der Waals surface area contributed by atoms with Gasteiger partial charge in [0.2, 0.25) is 0 Å². The molecule has 1 aromatic heterocycles. The Hall–Kier alpha value is -1.15. The third-order valence-electron chi connectivity index (χ3n) is 3.34. The van der Waals surface area contributed by atoms with Crippen molar-refractivity contribution in [3.63, 3.8) is 0 Å². The highest BCUT2D eigenvalue weighted by Gasteiger charge is 2.34. The van der Waals surface area contributed by atoms with Crippen LogP contribution in [0.3, 0.4) is 0 Å². The number of rotatable bonds is 3. The van der Waals surface area contributed by atoms with E-state index in [1.54, 1.807) is 0 Å². The molecule has 2 aliphatic heterocycles. The maximum absolute atomic E-state index is 12.5. The molecule has 0 bridgehead atoms. The molecule has 2 aliphatic rings. The largest absolute Gasteiger partial charge is 0.495 e. The summed E-state index contributed by atoms with van der Waals surface area (Å²) in [6.45, 7) is 2.19. The summed E-state index contributed by atoms with van der Waals surface area (Å²) in [6, 6.07) is 2.56. The first-order chi connectivity index (χ1) is 10.3. The fourth-order valence-electron chi connectivity index (χ4n) is 2.31. The molecule has 0 saturated heterocycles. The first kappa shape index (κ1) is 11.5. The Balaban J connectivity index is 0.00000192. The number of sulfonamides is 1. The van der Waals surface area contributed by atoms with Crippen LogP contribution in [0.15, 0.2) is 34.5 Å². The van der Waals surface area contributed by atoms with E-state index in [1.165, 1.54) is 16.4 Å². The van der Waals surface area contributed by atoms with Gasteiger partial charge in [0.15, 0.2) is 5.03 Å². The Bertz CT molecular complexity index is 703. The highest BCUT2D eigenvalue weighted by atomic mass is 35.5. The number of nitrogens with zero attached hydrogens (tertiary/aromatic N) is 2. The molecule has 0 aliphatic carbocycles. The minimum absolute atomic E-state index is 0. The molecule has 20 heavy (non-hydrogen) atoms. The van der Waals surface area contributed by atoms with E-state index in [0.29, 0.717) is 13.1 Å². The molecule has 0 aromatic carbocycles. The van der Waals surface area contributed by atoms with Gasteiger partial charge in [-0.2, -0.15) is 4.31 Å². The standard InChI is InChI=1S/C12H15N3O3S.ClH/c1-18-11-2-3-12(14-6-11)19(16,17)15-7-9-4-13-5-10(9)8-15;/h2-3,6,13H,4-5,7-8H2,1H3;1H/i1D3;.